The maximum absolute atomic E-state index is 12.7. The highest BCUT2D eigenvalue weighted by Crippen LogP contribution is 2.32. The Labute approximate surface area is 173 Å². The number of nitrogens with zero attached hydrogens (tertiary/aromatic N) is 3. The summed E-state index contributed by atoms with van der Waals surface area (Å²) in [6.07, 6.45) is 4.35. The van der Waals surface area contributed by atoms with Crippen LogP contribution in [0.4, 0.5) is 0 Å². The Balaban J connectivity index is 1.61. The van der Waals surface area contributed by atoms with E-state index in [9.17, 15) is 14.7 Å². The van der Waals surface area contributed by atoms with Crippen molar-refractivity contribution in [1.82, 2.24) is 14.9 Å². The van der Waals surface area contributed by atoms with E-state index in [4.69, 9.17) is 16.3 Å². The van der Waals surface area contributed by atoms with Gasteiger partial charge < -0.3 is 14.7 Å². The number of carboxylic acids is 1. The fourth-order valence-electron chi connectivity index (χ4n) is 3.83. The van der Waals surface area contributed by atoms with Gasteiger partial charge in [0.05, 0.1) is 10.7 Å². The monoisotopic (exact) mass is 415 g/mol. The van der Waals surface area contributed by atoms with E-state index in [2.05, 4.69) is 9.97 Å². The lowest BCUT2D eigenvalue weighted by Gasteiger charge is -2.21. The van der Waals surface area contributed by atoms with E-state index >= 15 is 0 Å². The van der Waals surface area contributed by atoms with E-state index in [1.54, 1.807) is 12.3 Å². The fraction of sp³-hybridized carbons (Fsp3) is 0.429. The number of aromatic nitrogens is 2. The quantitative estimate of drug-likeness (QED) is 0.806. The summed E-state index contributed by atoms with van der Waals surface area (Å²) in [6.45, 7) is 3.33. The summed E-state index contributed by atoms with van der Waals surface area (Å²) < 4.78 is 5.41. The van der Waals surface area contributed by atoms with Crippen LogP contribution in [0.2, 0.25) is 5.02 Å². The minimum absolute atomic E-state index is 0.286. The number of carboxylic acid groups (broad SMARTS) is 1. The van der Waals surface area contributed by atoms with Crippen LogP contribution in [0.3, 0.4) is 0 Å². The molecule has 2 aliphatic rings. The second-order valence-electron chi connectivity index (χ2n) is 7.56. The summed E-state index contributed by atoms with van der Waals surface area (Å²) in [6, 6.07) is 4.58. The number of benzene rings is 1. The predicted molar refractivity (Wildman–Crippen MR) is 107 cm³/mol. The average molecular weight is 416 g/mol. The summed E-state index contributed by atoms with van der Waals surface area (Å²) in [4.78, 5) is 34.4. The molecule has 0 spiro atoms. The van der Waals surface area contributed by atoms with Gasteiger partial charge in [-0.25, -0.2) is 14.8 Å². The molecule has 0 aliphatic carbocycles. The summed E-state index contributed by atoms with van der Waals surface area (Å²) >= 11 is 6.36. The van der Waals surface area contributed by atoms with Crippen molar-refractivity contribution < 1.29 is 19.4 Å². The molecule has 0 radical (unpaired) electrons. The Kier molecular flexibility index (Phi) is 5.52. The molecule has 2 aliphatic heterocycles. The highest BCUT2D eigenvalue weighted by molar-refractivity contribution is 6.32. The summed E-state index contributed by atoms with van der Waals surface area (Å²) in [5.74, 6) is -0.0953. The molecule has 0 saturated carbocycles. The van der Waals surface area contributed by atoms with E-state index in [0.29, 0.717) is 22.2 Å². The van der Waals surface area contributed by atoms with Crippen molar-refractivity contribution in [2.75, 3.05) is 13.2 Å². The zero-order valence-corrected chi connectivity index (χ0v) is 16.9. The first-order chi connectivity index (χ1) is 13.9. The Hall–Kier alpha value is -2.51. The van der Waals surface area contributed by atoms with Crippen LogP contribution < -0.4 is 0 Å². The van der Waals surface area contributed by atoms with Gasteiger partial charge in [-0.1, -0.05) is 23.7 Å². The van der Waals surface area contributed by atoms with Crippen molar-refractivity contribution in [3.05, 3.63) is 46.4 Å². The number of hydrogen-bond acceptors (Lipinski definition) is 5. The number of carbonyl (C=O) groups is 2. The van der Waals surface area contributed by atoms with Gasteiger partial charge in [0.2, 0.25) is 0 Å². The van der Waals surface area contributed by atoms with Gasteiger partial charge in [0, 0.05) is 43.5 Å². The molecular formula is C21H22ClN3O4. The van der Waals surface area contributed by atoms with Crippen LogP contribution in [0.15, 0.2) is 24.4 Å². The molecule has 0 unspecified atom stereocenters. The number of amides is 1. The standard InChI is InChI=1S/C21H22ClN3O4/c1-12(21(27)28)25-11-15-3-2-14(9-16(15)20(25)26)19-17(22)10-23-18(24-19)8-13-4-6-29-7-5-13/h2-3,9-10,12-13H,4-8,11H2,1H3,(H,27,28)/t12-/m1/s1. The molecule has 8 heteroatoms. The van der Waals surface area contributed by atoms with Crippen molar-refractivity contribution in [1.29, 1.82) is 0 Å². The van der Waals surface area contributed by atoms with Crippen LogP contribution in [0.1, 0.15) is 41.5 Å². The zero-order valence-electron chi connectivity index (χ0n) is 16.1. The van der Waals surface area contributed by atoms with Crippen LogP contribution in [0, 0.1) is 5.92 Å². The van der Waals surface area contributed by atoms with Crippen LogP contribution in [-0.2, 0) is 22.5 Å². The molecule has 1 aromatic heterocycles. The highest BCUT2D eigenvalue weighted by Gasteiger charge is 2.34. The SMILES string of the molecule is C[C@H](C(=O)O)N1Cc2ccc(-c3nc(CC4CCOCC4)ncc3Cl)cc2C1=O. The number of fused-ring (bicyclic) bond motifs is 1. The molecule has 7 nitrogen and oxygen atoms in total. The first-order valence-corrected chi connectivity index (χ1v) is 10.1. The van der Waals surface area contributed by atoms with Crippen molar-refractivity contribution >= 4 is 23.5 Å². The lowest BCUT2D eigenvalue weighted by Crippen LogP contribution is -2.38. The first kappa shape index (κ1) is 19.8. The summed E-state index contributed by atoms with van der Waals surface area (Å²) in [5.41, 5.74) is 2.61. The third kappa shape index (κ3) is 3.97. The van der Waals surface area contributed by atoms with Gasteiger partial charge in [-0.2, -0.15) is 0 Å². The number of carbonyl (C=O) groups excluding carboxylic acids is 1. The van der Waals surface area contributed by atoms with Crippen LogP contribution >= 0.6 is 11.6 Å². The van der Waals surface area contributed by atoms with E-state index in [-0.39, 0.29) is 12.5 Å². The molecule has 1 fully saturated rings. The number of aliphatic carboxylic acids is 1. The summed E-state index contributed by atoms with van der Waals surface area (Å²) in [7, 11) is 0. The highest BCUT2D eigenvalue weighted by atomic mass is 35.5. The van der Waals surface area contributed by atoms with Gasteiger partial charge in [-0.15, -0.1) is 0 Å². The minimum atomic E-state index is -1.03. The Morgan fingerprint density at radius 3 is 2.86 bits per heavy atom. The van der Waals surface area contributed by atoms with Crippen molar-refractivity contribution in [2.45, 2.75) is 38.8 Å². The first-order valence-electron chi connectivity index (χ1n) is 9.70. The van der Waals surface area contributed by atoms with Gasteiger partial charge in [0.1, 0.15) is 11.9 Å². The molecule has 4 rings (SSSR count). The van der Waals surface area contributed by atoms with Gasteiger partial charge in [0.15, 0.2) is 0 Å². The predicted octanol–water partition coefficient (Wildman–Crippen LogP) is 3.20. The molecule has 1 atom stereocenters. The third-order valence-corrected chi connectivity index (χ3v) is 5.92. The van der Waals surface area contributed by atoms with Gasteiger partial charge in [0.25, 0.3) is 5.91 Å². The largest absolute Gasteiger partial charge is 0.480 e. The smallest absolute Gasteiger partial charge is 0.326 e. The molecule has 1 saturated heterocycles. The number of halogens is 1. The topological polar surface area (TPSA) is 92.6 Å². The van der Waals surface area contributed by atoms with E-state index in [0.717, 1.165) is 49.4 Å². The Bertz CT molecular complexity index is 959. The maximum atomic E-state index is 12.7. The Morgan fingerprint density at radius 1 is 1.38 bits per heavy atom. The molecule has 2 aromatic rings. The molecular weight excluding hydrogens is 394 g/mol. The number of ether oxygens (including phenoxy) is 1. The van der Waals surface area contributed by atoms with E-state index in [1.807, 2.05) is 12.1 Å². The van der Waals surface area contributed by atoms with Gasteiger partial charge >= 0.3 is 5.97 Å². The second kappa shape index (κ2) is 8.08. The fourth-order valence-corrected chi connectivity index (χ4v) is 4.03. The number of hydrogen-bond donors (Lipinski definition) is 1. The molecule has 152 valence electrons. The normalized spacial score (nSPS) is 18.0. The average Bonchev–Trinajstić information content (AvgIpc) is 3.05. The van der Waals surface area contributed by atoms with E-state index < -0.39 is 12.0 Å². The maximum Gasteiger partial charge on any atom is 0.326 e. The molecule has 0 bridgehead atoms. The zero-order chi connectivity index (χ0) is 20.5. The molecule has 3 heterocycles. The van der Waals surface area contributed by atoms with Crippen molar-refractivity contribution in [2.24, 2.45) is 5.92 Å². The lowest BCUT2D eigenvalue weighted by atomic mass is 9.96. The molecule has 1 aromatic carbocycles. The van der Waals surface area contributed by atoms with Gasteiger partial charge in [-0.05, 0) is 37.3 Å². The van der Waals surface area contributed by atoms with Crippen LogP contribution in [0.25, 0.3) is 11.3 Å². The van der Waals surface area contributed by atoms with Crippen LogP contribution in [-0.4, -0.2) is 51.1 Å². The lowest BCUT2D eigenvalue weighted by molar-refractivity contribution is -0.141. The minimum Gasteiger partial charge on any atom is -0.480 e. The Morgan fingerprint density at radius 2 is 2.14 bits per heavy atom. The molecule has 1 N–H and O–H groups in total. The summed E-state index contributed by atoms with van der Waals surface area (Å²) in [5, 5.41) is 9.66. The van der Waals surface area contributed by atoms with Crippen molar-refractivity contribution in [3.8, 4) is 11.3 Å². The third-order valence-electron chi connectivity index (χ3n) is 5.65. The van der Waals surface area contributed by atoms with E-state index in [1.165, 1.54) is 11.8 Å². The van der Waals surface area contributed by atoms with Crippen molar-refractivity contribution in [3.63, 3.8) is 0 Å². The van der Waals surface area contributed by atoms with Crippen LogP contribution in [0.5, 0.6) is 0 Å². The molecule has 1 amide bonds. The molecule has 29 heavy (non-hydrogen) atoms. The number of rotatable bonds is 5. The second-order valence-corrected chi connectivity index (χ2v) is 7.97. The van der Waals surface area contributed by atoms with Gasteiger partial charge in [-0.3, -0.25) is 4.79 Å².